The van der Waals surface area contributed by atoms with E-state index in [9.17, 15) is 0 Å². The molecule has 0 saturated heterocycles. The number of para-hydroxylation sites is 2. The van der Waals surface area contributed by atoms with Crippen molar-refractivity contribution in [2.45, 2.75) is 0 Å². The minimum absolute atomic E-state index is 0. The predicted molar refractivity (Wildman–Crippen MR) is 151 cm³/mol. The Morgan fingerprint density at radius 2 is 1.23 bits per heavy atom. The van der Waals surface area contributed by atoms with Gasteiger partial charge in [-0.05, 0) is 28.8 Å². The van der Waals surface area contributed by atoms with Crippen LogP contribution in [-0.2, 0) is 20.1 Å². The van der Waals surface area contributed by atoms with Crippen LogP contribution in [-0.4, -0.2) is 24.3 Å². The van der Waals surface area contributed by atoms with Gasteiger partial charge in [-0.15, -0.1) is 28.9 Å². The third-order valence-corrected chi connectivity index (χ3v) is 6.75. The molecule has 6 heteroatoms. The Bertz CT molecular complexity index is 1800. The van der Waals surface area contributed by atoms with E-state index in [2.05, 4.69) is 115 Å². The predicted octanol–water partition coefficient (Wildman–Crippen LogP) is 7.40. The van der Waals surface area contributed by atoms with E-state index >= 15 is 0 Å². The van der Waals surface area contributed by atoms with Gasteiger partial charge in [0.1, 0.15) is 6.33 Å². The van der Waals surface area contributed by atoms with Gasteiger partial charge in [0.15, 0.2) is 0 Å². The van der Waals surface area contributed by atoms with E-state index < -0.39 is 0 Å². The number of hydrogen-bond donors (Lipinski definition) is 0. The van der Waals surface area contributed by atoms with Crippen molar-refractivity contribution >= 4 is 11.0 Å². The van der Waals surface area contributed by atoms with Gasteiger partial charge < -0.3 is 9.13 Å². The molecule has 2 aromatic heterocycles. The van der Waals surface area contributed by atoms with Crippen LogP contribution in [0.1, 0.15) is 0 Å². The van der Waals surface area contributed by atoms with E-state index in [-0.39, 0.29) is 20.1 Å². The van der Waals surface area contributed by atoms with Crippen LogP contribution in [0.15, 0.2) is 134 Å². The second kappa shape index (κ2) is 10.6. The fraction of sp³-hybridized carbons (Fsp3) is 0. The van der Waals surface area contributed by atoms with Gasteiger partial charge in [0, 0.05) is 42.4 Å². The number of rotatable bonds is 5. The Balaban J connectivity index is 0.00000277. The van der Waals surface area contributed by atoms with E-state index in [1.54, 1.807) is 6.33 Å². The molecule has 0 spiro atoms. The summed E-state index contributed by atoms with van der Waals surface area (Å²) >= 11 is 0. The maximum absolute atomic E-state index is 4.59. The summed E-state index contributed by atoms with van der Waals surface area (Å²) in [5, 5.41) is 8.94. The molecule has 0 bridgehead atoms. The van der Waals surface area contributed by atoms with E-state index in [0.717, 1.165) is 50.2 Å². The molecule has 0 atom stereocenters. The summed E-state index contributed by atoms with van der Waals surface area (Å²) in [4.78, 5) is 4.59. The Hall–Kier alpha value is -4.64. The first-order chi connectivity index (χ1) is 18.9. The minimum Gasteiger partial charge on any atom is -0.322 e. The molecule has 7 rings (SSSR count). The average molecular weight is 681 g/mol. The van der Waals surface area contributed by atoms with E-state index in [0.29, 0.717) is 5.82 Å². The van der Waals surface area contributed by atoms with Gasteiger partial charge in [0.2, 0.25) is 0 Å². The average Bonchev–Trinajstić information content (AvgIpc) is 3.65. The Morgan fingerprint density at radius 1 is 0.615 bits per heavy atom. The Labute approximate surface area is 239 Å². The van der Waals surface area contributed by atoms with Crippen LogP contribution in [0.2, 0.25) is 0 Å². The van der Waals surface area contributed by atoms with Crippen LogP contribution < -0.4 is 0 Å². The second-order valence-electron chi connectivity index (χ2n) is 9.03. The van der Waals surface area contributed by atoms with Crippen LogP contribution in [0.3, 0.4) is 0 Å². The van der Waals surface area contributed by atoms with Gasteiger partial charge in [-0.3, -0.25) is 4.98 Å². The van der Waals surface area contributed by atoms with Crippen molar-refractivity contribution in [2.75, 3.05) is 0 Å². The summed E-state index contributed by atoms with van der Waals surface area (Å²) in [6.07, 6.45) is 3.64. The van der Waals surface area contributed by atoms with E-state index in [1.807, 2.05) is 42.7 Å². The first kappa shape index (κ1) is 24.7. The molecule has 0 N–H and O–H groups in total. The molecule has 0 unspecified atom stereocenters. The van der Waals surface area contributed by atoms with E-state index in [4.69, 9.17) is 0 Å². The van der Waals surface area contributed by atoms with Gasteiger partial charge in [0.05, 0.1) is 17.8 Å². The van der Waals surface area contributed by atoms with Crippen molar-refractivity contribution in [3.8, 4) is 45.0 Å². The van der Waals surface area contributed by atoms with E-state index in [1.165, 1.54) is 0 Å². The molecule has 0 aliphatic heterocycles. The fourth-order valence-electron chi connectivity index (χ4n) is 4.96. The molecule has 2 heterocycles. The number of fused-ring (bicyclic) bond motifs is 1. The van der Waals surface area contributed by atoms with Crippen molar-refractivity contribution in [1.82, 2.24) is 24.3 Å². The molecule has 39 heavy (non-hydrogen) atoms. The number of hydrogen-bond acceptors (Lipinski definition) is 3. The number of benzene rings is 5. The zero-order valence-corrected chi connectivity index (χ0v) is 23.2. The summed E-state index contributed by atoms with van der Waals surface area (Å²) < 4.78 is 4.16. The molecule has 0 amide bonds. The number of nitrogens with zero attached hydrogens (tertiary/aromatic N) is 5. The normalized spacial score (nSPS) is 10.9. The van der Waals surface area contributed by atoms with Crippen molar-refractivity contribution in [2.24, 2.45) is 0 Å². The largest absolute Gasteiger partial charge is 0.322 e. The third-order valence-electron chi connectivity index (χ3n) is 6.75. The maximum atomic E-state index is 4.59. The Kier molecular flexibility index (Phi) is 6.72. The molecule has 5 aromatic carbocycles. The number of aromatic nitrogens is 5. The second-order valence-corrected chi connectivity index (χ2v) is 9.03. The SMILES string of the molecule is [Ir].[c-]1cc2ncn(-c3ccccc3)c2cc1-c1nncn1-c1c(-c2ccccc2)cccc1-c1ccccc1. The molecule has 0 fully saturated rings. The zero-order chi connectivity index (χ0) is 25.3. The first-order valence-corrected chi connectivity index (χ1v) is 12.5. The standard InChI is InChI=1S/C33H22N5.Ir/c1-4-11-24(12-5-1)28-17-10-18-29(25-13-6-2-7-14-25)32(28)38-23-35-36-33(38)26-19-20-30-31(21-26)37(22-34-30)27-15-8-3-9-16-27;/h1-18,20-23H;/q-1;. The van der Waals surface area contributed by atoms with Crippen LogP contribution >= 0.6 is 0 Å². The summed E-state index contributed by atoms with van der Waals surface area (Å²) in [7, 11) is 0. The van der Waals surface area contributed by atoms with Crippen LogP contribution in [0.25, 0.3) is 56.0 Å². The van der Waals surface area contributed by atoms with Gasteiger partial charge in [0.25, 0.3) is 0 Å². The fourth-order valence-corrected chi connectivity index (χ4v) is 4.96. The summed E-state index contributed by atoms with van der Waals surface area (Å²) in [6.45, 7) is 0. The van der Waals surface area contributed by atoms with Crippen molar-refractivity contribution in [3.05, 3.63) is 140 Å². The van der Waals surface area contributed by atoms with Gasteiger partial charge in [-0.25, -0.2) is 0 Å². The topological polar surface area (TPSA) is 48.5 Å². The summed E-state index contributed by atoms with van der Waals surface area (Å²) in [6, 6.07) is 44.9. The number of imidazole rings is 1. The molecule has 1 radical (unpaired) electrons. The monoisotopic (exact) mass is 681 g/mol. The third kappa shape index (κ3) is 4.50. The van der Waals surface area contributed by atoms with Crippen LogP contribution in [0.5, 0.6) is 0 Å². The summed E-state index contributed by atoms with van der Waals surface area (Å²) in [5.74, 6) is 0.716. The van der Waals surface area contributed by atoms with Crippen molar-refractivity contribution in [1.29, 1.82) is 0 Å². The minimum atomic E-state index is 0. The zero-order valence-electron chi connectivity index (χ0n) is 20.8. The maximum Gasteiger partial charge on any atom is 0.115 e. The summed E-state index contributed by atoms with van der Waals surface area (Å²) in [5.41, 5.74) is 9.23. The molecule has 189 valence electrons. The van der Waals surface area contributed by atoms with Crippen molar-refractivity contribution < 1.29 is 20.1 Å². The smallest absolute Gasteiger partial charge is 0.115 e. The van der Waals surface area contributed by atoms with Crippen molar-refractivity contribution in [3.63, 3.8) is 0 Å². The molecule has 7 aromatic rings. The molecular formula is C33H22IrN5-. The van der Waals surface area contributed by atoms with Gasteiger partial charge in [-0.1, -0.05) is 97.1 Å². The molecular weight excluding hydrogens is 659 g/mol. The molecule has 0 aliphatic carbocycles. The first-order valence-electron chi connectivity index (χ1n) is 12.5. The molecule has 0 aliphatic rings. The van der Waals surface area contributed by atoms with Gasteiger partial charge >= 0.3 is 0 Å². The quantitative estimate of drug-likeness (QED) is 0.178. The van der Waals surface area contributed by atoms with Crippen LogP contribution in [0.4, 0.5) is 0 Å². The Morgan fingerprint density at radius 3 is 1.87 bits per heavy atom. The van der Waals surface area contributed by atoms with Gasteiger partial charge in [-0.2, -0.15) is 5.10 Å². The molecule has 5 nitrogen and oxygen atoms in total. The van der Waals surface area contributed by atoms with Crippen LogP contribution in [0, 0.1) is 6.07 Å². The molecule has 0 saturated carbocycles.